The number of hydrogen-bond acceptors (Lipinski definition) is 2. The van der Waals surface area contributed by atoms with Crippen molar-refractivity contribution in [2.75, 3.05) is 0 Å². The molecule has 100 valence electrons. The number of nitrogens with zero attached hydrogens (tertiary/aromatic N) is 1. The van der Waals surface area contributed by atoms with Crippen molar-refractivity contribution < 1.29 is 9.90 Å². The molecular weight excluding hydrogens is 240 g/mol. The number of imidazole rings is 1. The van der Waals surface area contributed by atoms with Crippen LogP contribution in [0.15, 0.2) is 24.3 Å². The van der Waals surface area contributed by atoms with E-state index in [1.54, 1.807) is 0 Å². The molecule has 1 aromatic carbocycles. The van der Waals surface area contributed by atoms with Crippen LogP contribution in [0.25, 0.3) is 11.0 Å². The monoisotopic (exact) mass is 258 g/mol. The maximum Gasteiger partial charge on any atom is 0.306 e. The van der Waals surface area contributed by atoms with Gasteiger partial charge < -0.3 is 10.1 Å². The second-order valence-corrected chi connectivity index (χ2v) is 5.46. The van der Waals surface area contributed by atoms with Crippen molar-refractivity contribution in [1.29, 1.82) is 0 Å². The highest BCUT2D eigenvalue weighted by Gasteiger charge is 2.26. The molecule has 2 N–H and O–H groups in total. The van der Waals surface area contributed by atoms with Crippen LogP contribution in [0.5, 0.6) is 0 Å². The summed E-state index contributed by atoms with van der Waals surface area (Å²) < 4.78 is 0. The summed E-state index contributed by atoms with van der Waals surface area (Å²) in [6.45, 7) is 0. The number of fused-ring (bicyclic) bond motifs is 1. The summed E-state index contributed by atoms with van der Waals surface area (Å²) in [6.07, 6.45) is 4.53. The number of carboxylic acid groups (broad SMARTS) is 1. The molecule has 19 heavy (non-hydrogen) atoms. The van der Waals surface area contributed by atoms with Crippen LogP contribution in [0.1, 0.15) is 31.5 Å². The predicted molar refractivity (Wildman–Crippen MR) is 72.9 cm³/mol. The first-order valence-corrected chi connectivity index (χ1v) is 6.89. The zero-order valence-corrected chi connectivity index (χ0v) is 10.8. The zero-order valence-electron chi connectivity index (χ0n) is 10.8. The highest BCUT2D eigenvalue weighted by molar-refractivity contribution is 5.74. The standard InChI is InChI=1S/C15H18N2O2/c18-15(19)11-7-5-10(6-8-11)9-14-16-12-3-1-2-4-13(12)17-14/h1-4,10-11H,5-9H2,(H,16,17)(H,18,19)/t10-,11+. The van der Waals surface area contributed by atoms with Crippen LogP contribution in [0.2, 0.25) is 0 Å². The number of H-pyrrole nitrogens is 1. The molecule has 0 spiro atoms. The van der Waals surface area contributed by atoms with E-state index in [0.717, 1.165) is 49.0 Å². The van der Waals surface area contributed by atoms with Crippen LogP contribution in [0, 0.1) is 11.8 Å². The Morgan fingerprint density at radius 3 is 2.68 bits per heavy atom. The number of hydrogen-bond donors (Lipinski definition) is 2. The van der Waals surface area contributed by atoms with Gasteiger partial charge in [0.15, 0.2) is 0 Å². The fourth-order valence-corrected chi connectivity index (χ4v) is 2.99. The third-order valence-corrected chi connectivity index (χ3v) is 4.12. The predicted octanol–water partition coefficient (Wildman–Crippen LogP) is 3.00. The Morgan fingerprint density at radius 1 is 1.26 bits per heavy atom. The van der Waals surface area contributed by atoms with Gasteiger partial charge in [-0.05, 0) is 43.7 Å². The first-order valence-electron chi connectivity index (χ1n) is 6.89. The molecule has 0 saturated heterocycles. The van der Waals surface area contributed by atoms with Crippen LogP contribution in [0.3, 0.4) is 0 Å². The van der Waals surface area contributed by atoms with Crippen LogP contribution in [-0.4, -0.2) is 21.0 Å². The Bertz CT molecular complexity index is 550. The number of nitrogens with one attached hydrogen (secondary N) is 1. The maximum absolute atomic E-state index is 10.9. The second-order valence-electron chi connectivity index (χ2n) is 5.46. The molecule has 4 heteroatoms. The van der Waals surface area contributed by atoms with Gasteiger partial charge in [0.1, 0.15) is 5.82 Å². The fourth-order valence-electron chi connectivity index (χ4n) is 2.99. The van der Waals surface area contributed by atoms with Gasteiger partial charge in [-0.2, -0.15) is 0 Å². The molecule has 0 atom stereocenters. The molecule has 0 bridgehead atoms. The number of carboxylic acids is 1. The summed E-state index contributed by atoms with van der Waals surface area (Å²) in [7, 11) is 0. The molecule has 3 rings (SSSR count). The van der Waals surface area contributed by atoms with E-state index in [9.17, 15) is 4.79 Å². The molecule has 1 aromatic heterocycles. The highest BCUT2D eigenvalue weighted by Crippen LogP contribution is 2.31. The van der Waals surface area contributed by atoms with E-state index < -0.39 is 5.97 Å². The van der Waals surface area contributed by atoms with Crippen LogP contribution in [0.4, 0.5) is 0 Å². The van der Waals surface area contributed by atoms with E-state index in [-0.39, 0.29) is 5.92 Å². The van der Waals surface area contributed by atoms with E-state index >= 15 is 0 Å². The number of para-hydroxylation sites is 2. The number of benzene rings is 1. The molecule has 2 aromatic rings. The normalized spacial score (nSPS) is 23.6. The van der Waals surface area contributed by atoms with E-state index in [0.29, 0.717) is 5.92 Å². The number of rotatable bonds is 3. The van der Waals surface area contributed by atoms with Crippen LogP contribution >= 0.6 is 0 Å². The van der Waals surface area contributed by atoms with Crippen molar-refractivity contribution in [2.24, 2.45) is 11.8 Å². The van der Waals surface area contributed by atoms with Gasteiger partial charge in [0.2, 0.25) is 0 Å². The van der Waals surface area contributed by atoms with E-state index in [1.807, 2.05) is 24.3 Å². The van der Waals surface area contributed by atoms with Gasteiger partial charge in [0.25, 0.3) is 0 Å². The van der Waals surface area contributed by atoms with Gasteiger partial charge in [-0.3, -0.25) is 4.79 Å². The summed E-state index contributed by atoms with van der Waals surface area (Å²) in [5, 5.41) is 8.99. The number of aromatic amines is 1. The van der Waals surface area contributed by atoms with Crippen molar-refractivity contribution in [3.05, 3.63) is 30.1 Å². The smallest absolute Gasteiger partial charge is 0.306 e. The van der Waals surface area contributed by atoms with Crippen molar-refractivity contribution >= 4 is 17.0 Å². The molecule has 0 aliphatic heterocycles. The molecule has 0 radical (unpaired) electrons. The third-order valence-electron chi connectivity index (χ3n) is 4.12. The van der Waals surface area contributed by atoms with Crippen LogP contribution < -0.4 is 0 Å². The minimum absolute atomic E-state index is 0.132. The van der Waals surface area contributed by atoms with Gasteiger partial charge in [-0.25, -0.2) is 4.98 Å². The summed E-state index contributed by atoms with van der Waals surface area (Å²) in [5.41, 5.74) is 2.09. The molecular formula is C15H18N2O2. The lowest BCUT2D eigenvalue weighted by molar-refractivity contribution is -0.143. The Morgan fingerprint density at radius 2 is 2.00 bits per heavy atom. The van der Waals surface area contributed by atoms with Crippen molar-refractivity contribution in [1.82, 2.24) is 9.97 Å². The zero-order chi connectivity index (χ0) is 13.2. The molecule has 1 aliphatic rings. The quantitative estimate of drug-likeness (QED) is 0.889. The van der Waals surface area contributed by atoms with Gasteiger partial charge in [-0.1, -0.05) is 12.1 Å². The SMILES string of the molecule is O=C(O)[C@H]1CC[C@@H](Cc2nc3ccccc3[nH]2)CC1. The second kappa shape index (κ2) is 5.03. The van der Waals surface area contributed by atoms with Crippen molar-refractivity contribution in [3.63, 3.8) is 0 Å². The van der Waals surface area contributed by atoms with E-state index in [1.165, 1.54) is 0 Å². The molecule has 0 amide bonds. The van der Waals surface area contributed by atoms with Gasteiger partial charge in [0, 0.05) is 6.42 Å². The molecule has 4 nitrogen and oxygen atoms in total. The van der Waals surface area contributed by atoms with Crippen molar-refractivity contribution in [2.45, 2.75) is 32.1 Å². The lowest BCUT2D eigenvalue weighted by atomic mass is 9.80. The van der Waals surface area contributed by atoms with E-state index in [2.05, 4.69) is 9.97 Å². The molecule has 0 unspecified atom stereocenters. The summed E-state index contributed by atoms with van der Waals surface area (Å²) >= 11 is 0. The molecule has 1 heterocycles. The Labute approximate surface area is 111 Å². The third kappa shape index (κ3) is 2.62. The van der Waals surface area contributed by atoms with Gasteiger partial charge in [0.05, 0.1) is 17.0 Å². The average Bonchev–Trinajstić information content (AvgIpc) is 2.81. The minimum atomic E-state index is -0.637. The summed E-state index contributed by atoms with van der Waals surface area (Å²) in [4.78, 5) is 18.9. The van der Waals surface area contributed by atoms with Crippen LogP contribution in [-0.2, 0) is 11.2 Å². The number of carbonyl (C=O) groups is 1. The molecule has 1 fully saturated rings. The highest BCUT2D eigenvalue weighted by atomic mass is 16.4. The van der Waals surface area contributed by atoms with E-state index in [4.69, 9.17) is 5.11 Å². The fraction of sp³-hybridized carbons (Fsp3) is 0.467. The minimum Gasteiger partial charge on any atom is -0.481 e. The molecule has 1 aliphatic carbocycles. The number of aliphatic carboxylic acids is 1. The maximum atomic E-state index is 10.9. The Hall–Kier alpha value is -1.84. The average molecular weight is 258 g/mol. The Kier molecular flexibility index (Phi) is 3.23. The number of aromatic nitrogens is 2. The summed E-state index contributed by atoms with van der Waals surface area (Å²) in [6, 6.07) is 8.04. The lowest BCUT2D eigenvalue weighted by Crippen LogP contribution is -2.22. The Balaban J connectivity index is 1.64. The lowest BCUT2D eigenvalue weighted by Gasteiger charge is -2.25. The topological polar surface area (TPSA) is 66.0 Å². The summed E-state index contributed by atoms with van der Waals surface area (Å²) in [5.74, 6) is 0.824. The molecule has 1 saturated carbocycles. The van der Waals surface area contributed by atoms with Gasteiger partial charge >= 0.3 is 5.97 Å². The largest absolute Gasteiger partial charge is 0.481 e. The van der Waals surface area contributed by atoms with Crippen molar-refractivity contribution in [3.8, 4) is 0 Å². The first kappa shape index (κ1) is 12.2. The first-order chi connectivity index (χ1) is 9.22. The van der Waals surface area contributed by atoms with Gasteiger partial charge in [-0.15, -0.1) is 0 Å².